The molecule has 0 bridgehead atoms. The number of furan rings is 1. The normalized spacial score (nSPS) is 19.8. The summed E-state index contributed by atoms with van der Waals surface area (Å²) in [6, 6.07) is 3.83. The van der Waals surface area contributed by atoms with Gasteiger partial charge in [0.15, 0.2) is 10.8 Å². The number of carbonyl (C=O) groups is 1. The number of aromatic nitrogens is 1. The fraction of sp³-hybridized carbons (Fsp3) is 0.579. The number of nitrogens with zero attached hydrogens (tertiary/aromatic N) is 4. The molecule has 0 radical (unpaired) electrons. The molecule has 0 aliphatic carbocycles. The van der Waals surface area contributed by atoms with Crippen LogP contribution in [-0.2, 0) is 11.3 Å². The van der Waals surface area contributed by atoms with Gasteiger partial charge < -0.3 is 9.32 Å². The van der Waals surface area contributed by atoms with Crippen LogP contribution >= 0.6 is 11.3 Å². The highest BCUT2D eigenvalue weighted by Gasteiger charge is 2.23. The third-order valence-corrected chi connectivity index (χ3v) is 6.11. The van der Waals surface area contributed by atoms with Crippen molar-refractivity contribution in [2.45, 2.75) is 25.8 Å². The average Bonchev–Trinajstić information content (AvgIpc) is 3.36. The molecule has 0 atom stereocenters. The summed E-state index contributed by atoms with van der Waals surface area (Å²) in [6.45, 7) is 7.21. The summed E-state index contributed by atoms with van der Waals surface area (Å²) in [4.78, 5) is 23.8. The van der Waals surface area contributed by atoms with E-state index in [-0.39, 0.29) is 0 Å². The first kappa shape index (κ1) is 17.7. The molecule has 0 unspecified atom stereocenters. The molecule has 2 aromatic rings. The van der Waals surface area contributed by atoms with Crippen LogP contribution < -0.4 is 0 Å². The molecule has 2 aliphatic heterocycles. The lowest BCUT2D eigenvalue weighted by molar-refractivity contribution is -0.133. The van der Waals surface area contributed by atoms with E-state index in [2.05, 4.69) is 20.2 Å². The van der Waals surface area contributed by atoms with E-state index in [1.54, 1.807) is 17.6 Å². The molecule has 4 heterocycles. The smallest absolute Gasteiger partial charge is 0.236 e. The van der Waals surface area contributed by atoms with Crippen LogP contribution in [0.1, 0.15) is 25.0 Å². The van der Waals surface area contributed by atoms with Gasteiger partial charge >= 0.3 is 0 Å². The van der Waals surface area contributed by atoms with E-state index < -0.39 is 0 Å². The minimum absolute atomic E-state index is 0.306. The summed E-state index contributed by atoms with van der Waals surface area (Å²) in [7, 11) is 0. The summed E-state index contributed by atoms with van der Waals surface area (Å²) in [6.07, 6.45) is 5.27. The highest BCUT2D eigenvalue weighted by molar-refractivity contribution is 7.13. The minimum atomic E-state index is 0.306. The van der Waals surface area contributed by atoms with Crippen LogP contribution in [0, 0.1) is 0 Å². The van der Waals surface area contributed by atoms with Gasteiger partial charge in [-0.05, 0) is 31.4 Å². The van der Waals surface area contributed by atoms with Crippen molar-refractivity contribution in [3.63, 3.8) is 0 Å². The van der Waals surface area contributed by atoms with Gasteiger partial charge in [0.05, 0.1) is 18.5 Å². The van der Waals surface area contributed by atoms with Crippen molar-refractivity contribution in [3.05, 3.63) is 29.5 Å². The Hall–Kier alpha value is -1.70. The molecule has 0 aromatic carbocycles. The summed E-state index contributed by atoms with van der Waals surface area (Å²) >= 11 is 1.63. The fourth-order valence-electron chi connectivity index (χ4n) is 3.66. The second-order valence-electron chi connectivity index (χ2n) is 7.12. The van der Waals surface area contributed by atoms with Crippen LogP contribution in [-0.4, -0.2) is 71.4 Å². The quantitative estimate of drug-likeness (QED) is 0.805. The van der Waals surface area contributed by atoms with Crippen LogP contribution in [0.25, 0.3) is 10.8 Å². The van der Waals surface area contributed by atoms with E-state index in [1.807, 2.05) is 17.0 Å². The van der Waals surface area contributed by atoms with Gasteiger partial charge in [-0.25, -0.2) is 4.98 Å². The lowest BCUT2D eigenvalue weighted by atomic mass is 10.1. The Balaban J connectivity index is 1.23. The number of hydrogen-bond acceptors (Lipinski definition) is 6. The first-order valence-corrected chi connectivity index (χ1v) is 10.4. The molecule has 7 heteroatoms. The van der Waals surface area contributed by atoms with E-state index in [1.165, 1.54) is 6.42 Å². The van der Waals surface area contributed by atoms with Crippen LogP contribution in [0.15, 0.2) is 28.2 Å². The molecule has 2 aromatic heterocycles. The number of carbonyl (C=O) groups excluding carboxylic acids is 1. The number of piperazine rings is 1. The molecular weight excluding hydrogens is 348 g/mol. The second kappa shape index (κ2) is 8.33. The maximum atomic E-state index is 12.4. The van der Waals surface area contributed by atoms with Gasteiger partial charge in [0.2, 0.25) is 5.91 Å². The zero-order valence-corrected chi connectivity index (χ0v) is 15.9. The fourth-order valence-corrected chi connectivity index (χ4v) is 4.44. The lowest BCUT2D eigenvalue weighted by Crippen LogP contribution is -2.50. The lowest BCUT2D eigenvalue weighted by Gasteiger charge is -2.35. The highest BCUT2D eigenvalue weighted by atomic mass is 32.1. The summed E-state index contributed by atoms with van der Waals surface area (Å²) in [5.74, 6) is 1.14. The van der Waals surface area contributed by atoms with Crippen molar-refractivity contribution in [1.29, 1.82) is 0 Å². The van der Waals surface area contributed by atoms with Gasteiger partial charge in [0, 0.05) is 51.2 Å². The number of rotatable bonds is 5. The first-order chi connectivity index (χ1) is 12.8. The zero-order chi connectivity index (χ0) is 17.8. The number of amides is 1. The maximum Gasteiger partial charge on any atom is 0.236 e. The first-order valence-electron chi connectivity index (χ1n) is 9.49. The van der Waals surface area contributed by atoms with Gasteiger partial charge in [0.25, 0.3) is 0 Å². The van der Waals surface area contributed by atoms with E-state index in [9.17, 15) is 4.79 Å². The van der Waals surface area contributed by atoms with Gasteiger partial charge in [-0.2, -0.15) is 0 Å². The molecule has 0 saturated carbocycles. The van der Waals surface area contributed by atoms with E-state index in [4.69, 9.17) is 4.42 Å². The molecule has 26 heavy (non-hydrogen) atoms. The zero-order valence-electron chi connectivity index (χ0n) is 15.1. The van der Waals surface area contributed by atoms with Gasteiger partial charge in [-0.1, -0.05) is 0 Å². The minimum Gasteiger partial charge on any atom is -0.462 e. The van der Waals surface area contributed by atoms with Crippen LogP contribution in [0.3, 0.4) is 0 Å². The van der Waals surface area contributed by atoms with E-state index >= 15 is 0 Å². The van der Waals surface area contributed by atoms with Crippen LogP contribution in [0.2, 0.25) is 0 Å². The Morgan fingerprint density at radius 2 is 1.85 bits per heavy atom. The van der Waals surface area contributed by atoms with Crippen molar-refractivity contribution < 1.29 is 9.21 Å². The van der Waals surface area contributed by atoms with Crippen LogP contribution in [0.5, 0.6) is 0 Å². The topological polar surface area (TPSA) is 52.8 Å². The Morgan fingerprint density at radius 1 is 1.08 bits per heavy atom. The number of likely N-dealkylation sites (tertiary alicyclic amines) is 1. The Kier molecular flexibility index (Phi) is 5.67. The molecule has 140 valence electrons. The Labute approximate surface area is 158 Å². The predicted molar refractivity (Wildman–Crippen MR) is 102 cm³/mol. The SMILES string of the molecule is O=C(CN1CCN(Cc2csc(-c3ccco3)n2)CC1)N1CCCCC1. The Bertz CT molecular complexity index is 701. The third-order valence-electron chi connectivity index (χ3n) is 5.20. The monoisotopic (exact) mass is 374 g/mol. The number of hydrogen-bond donors (Lipinski definition) is 0. The molecular formula is C19H26N4O2S. The van der Waals surface area contributed by atoms with Crippen molar-refractivity contribution in [3.8, 4) is 10.8 Å². The highest BCUT2D eigenvalue weighted by Crippen LogP contribution is 2.24. The van der Waals surface area contributed by atoms with Gasteiger partial charge in [-0.15, -0.1) is 11.3 Å². The summed E-state index contributed by atoms with van der Waals surface area (Å²) < 4.78 is 5.42. The Morgan fingerprint density at radius 3 is 2.58 bits per heavy atom. The molecule has 2 aliphatic rings. The average molecular weight is 375 g/mol. The molecule has 0 N–H and O–H groups in total. The van der Waals surface area contributed by atoms with E-state index in [0.717, 1.165) is 75.1 Å². The van der Waals surface area contributed by atoms with Gasteiger partial charge in [-0.3, -0.25) is 14.6 Å². The molecule has 6 nitrogen and oxygen atoms in total. The third kappa shape index (κ3) is 4.34. The summed E-state index contributed by atoms with van der Waals surface area (Å²) in [5.41, 5.74) is 1.10. The van der Waals surface area contributed by atoms with Crippen molar-refractivity contribution in [2.75, 3.05) is 45.8 Å². The van der Waals surface area contributed by atoms with Crippen molar-refractivity contribution >= 4 is 17.2 Å². The van der Waals surface area contributed by atoms with E-state index in [0.29, 0.717) is 12.5 Å². The van der Waals surface area contributed by atoms with Gasteiger partial charge in [0.1, 0.15) is 0 Å². The number of thiazole rings is 1. The molecule has 1 amide bonds. The molecule has 2 fully saturated rings. The van der Waals surface area contributed by atoms with Crippen molar-refractivity contribution in [2.24, 2.45) is 0 Å². The predicted octanol–water partition coefficient (Wildman–Crippen LogP) is 2.53. The second-order valence-corrected chi connectivity index (χ2v) is 7.97. The number of piperidine rings is 1. The molecule has 0 spiro atoms. The van der Waals surface area contributed by atoms with Crippen molar-refractivity contribution in [1.82, 2.24) is 19.7 Å². The molecule has 4 rings (SSSR count). The maximum absolute atomic E-state index is 12.4. The standard InChI is InChI=1S/C19H26N4O2S/c24-18(23-6-2-1-3-7-23)14-22-10-8-21(9-11-22)13-16-15-26-19(20-16)17-5-4-12-25-17/h4-5,12,15H,1-3,6-11,13-14H2. The van der Waals surface area contributed by atoms with Crippen LogP contribution in [0.4, 0.5) is 0 Å². The molecule has 2 saturated heterocycles. The largest absolute Gasteiger partial charge is 0.462 e. The summed E-state index contributed by atoms with van der Waals surface area (Å²) in [5, 5.41) is 3.06.